The largest absolute Gasteiger partial charge is 0.485 e. The van der Waals surface area contributed by atoms with E-state index in [9.17, 15) is 24.2 Å². The molecule has 0 aliphatic heterocycles. The number of carbonyl (C=O) groups excluding carboxylic acids is 1. The molecular formula is C31H29FN2O5S. The van der Waals surface area contributed by atoms with Crippen LogP contribution in [0.3, 0.4) is 0 Å². The van der Waals surface area contributed by atoms with Crippen LogP contribution in [0.1, 0.15) is 53.9 Å². The van der Waals surface area contributed by atoms with Gasteiger partial charge in [-0.25, -0.2) is 14.2 Å². The zero-order chi connectivity index (χ0) is 27.6. The van der Waals surface area contributed by atoms with Gasteiger partial charge in [-0.1, -0.05) is 18.2 Å². The van der Waals surface area contributed by atoms with Gasteiger partial charge < -0.3 is 20.3 Å². The Morgan fingerprint density at radius 3 is 2.60 bits per heavy atom. The summed E-state index contributed by atoms with van der Waals surface area (Å²) in [4.78, 5) is 31.1. The Morgan fingerprint density at radius 1 is 1.10 bits per heavy atom. The lowest BCUT2D eigenvalue weighted by molar-refractivity contribution is -0.181. The normalized spacial score (nSPS) is 27.6. The van der Waals surface area contributed by atoms with E-state index in [1.54, 1.807) is 18.2 Å². The second-order valence-corrected chi connectivity index (χ2v) is 13.1. The number of benzene rings is 3. The van der Waals surface area contributed by atoms with Gasteiger partial charge in [0.05, 0.1) is 21.4 Å². The molecule has 4 aromatic rings. The quantitative estimate of drug-likeness (QED) is 0.268. The van der Waals surface area contributed by atoms with Gasteiger partial charge in [-0.3, -0.25) is 4.79 Å². The van der Waals surface area contributed by atoms with Crippen molar-refractivity contribution in [1.29, 1.82) is 0 Å². The number of hydrogen-bond acceptors (Lipinski definition) is 6. The first-order chi connectivity index (χ1) is 19.2. The van der Waals surface area contributed by atoms with Gasteiger partial charge in [0, 0.05) is 10.8 Å². The number of thiazole rings is 1. The van der Waals surface area contributed by atoms with Gasteiger partial charge in [-0.05, 0) is 92.1 Å². The predicted octanol–water partition coefficient (Wildman–Crippen LogP) is 5.68. The highest BCUT2D eigenvalue weighted by Gasteiger charge is 2.61. The molecular weight excluding hydrogens is 531 g/mol. The number of fused-ring (bicyclic) bond motifs is 2. The number of amides is 1. The number of nitrogens with one attached hydrogen (secondary N) is 1. The number of carbonyl (C=O) groups is 2. The van der Waals surface area contributed by atoms with Crippen LogP contribution < -0.4 is 10.1 Å². The summed E-state index contributed by atoms with van der Waals surface area (Å²) in [6.07, 6.45) is 4.16. The van der Waals surface area contributed by atoms with E-state index >= 15 is 0 Å². The Morgan fingerprint density at radius 2 is 1.88 bits per heavy atom. The summed E-state index contributed by atoms with van der Waals surface area (Å²) >= 11 is 1.49. The van der Waals surface area contributed by atoms with Crippen molar-refractivity contribution in [1.82, 2.24) is 10.3 Å². The summed E-state index contributed by atoms with van der Waals surface area (Å²) in [7, 11) is 0. The maximum Gasteiger partial charge on any atom is 0.326 e. The summed E-state index contributed by atoms with van der Waals surface area (Å²) in [5.41, 5.74) is -0.524. The molecule has 7 nitrogen and oxygen atoms in total. The van der Waals surface area contributed by atoms with Crippen LogP contribution in [0.15, 0.2) is 54.6 Å². The van der Waals surface area contributed by atoms with Gasteiger partial charge in [0.15, 0.2) is 0 Å². The van der Waals surface area contributed by atoms with Crippen LogP contribution in [0.4, 0.5) is 4.39 Å². The van der Waals surface area contributed by atoms with Crippen molar-refractivity contribution in [2.75, 3.05) is 0 Å². The molecule has 4 saturated carbocycles. The van der Waals surface area contributed by atoms with E-state index in [-0.39, 0.29) is 29.8 Å². The molecule has 4 fully saturated rings. The average Bonchev–Trinajstić information content (AvgIpc) is 3.31. The molecule has 3 N–H and O–H groups in total. The van der Waals surface area contributed by atoms with Crippen molar-refractivity contribution < 1.29 is 28.9 Å². The molecule has 1 amide bonds. The fourth-order valence-corrected chi connectivity index (χ4v) is 8.91. The lowest BCUT2D eigenvalue weighted by Crippen LogP contribution is -2.64. The highest BCUT2D eigenvalue weighted by molar-refractivity contribution is 7.18. The smallest absolute Gasteiger partial charge is 0.326 e. The third-order valence-corrected chi connectivity index (χ3v) is 10.1. The van der Waals surface area contributed by atoms with Crippen LogP contribution in [-0.4, -0.2) is 38.7 Å². The predicted molar refractivity (Wildman–Crippen MR) is 149 cm³/mol. The van der Waals surface area contributed by atoms with Gasteiger partial charge >= 0.3 is 5.97 Å². The zero-order valence-electron chi connectivity index (χ0n) is 21.7. The second-order valence-electron chi connectivity index (χ2n) is 12.0. The molecule has 1 heterocycles. The van der Waals surface area contributed by atoms with Crippen molar-refractivity contribution in [3.05, 3.63) is 71.0 Å². The Balaban J connectivity index is 1.22. The Labute approximate surface area is 234 Å². The highest BCUT2D eigenvalue weighted by atomic mass is 32.1. The fourth-order valence-electron chi connectivity index (χ4n) is 8.03. The molecule has 1 aromatic heterocycles. The minimum atomic E-state index is -1.14. The first-order valence-electron chi connectivity index (χ1n) is 13.7. The third kappa shape index (κ3) is 4.32. The molecule has 4 aliphatic rings. The van der Waals surface area contributed by atoms with Crippen molar-refractivity contribution in [2.45, 2.75) is 56.8 Å². The van der Waals surface area contributed by atoms with Crippen LogP contribution in [0.2, 0.25) is 0 Å². The molecule has 9 heteroatoms. The standard InChI is InChI=1S/C31H29FN2O5S/c32-20-6-8-21-19(10-20)5-7-22(26(21)39-15-25-33-23-3-1-2-4-24(23)40-25)28(35)34-27(29(36)37)30-11-17-9-18(12-30)14-31(38,13-17)16-30/h1-8,10,17-18,27,38H,9,11-16H2,(H,34,35)(H,36,37)/t17?,18?,27-,30?,31?/m1/s1. The molecule has 0 saturated heterocycles. The van der Waals surface area contributed by atoms with Crippen molar-refractivity contribution in [2.24, 2.45) is 17.3 Å². The molecule has 3 aromatic carbocycles. The number of aromatic nitrogens is 1. The number of nitrogens with zero attached hydrogens (tertiary/aromatic N) is 1. The lowest BCUT2D eigenvalue weighted by Gasteiger charge is -2.61. The topological polar surface area (TPSA) is 109 Å². The van der Waals surface area contributed by atoms with Crippen molar-refractivity contribution in [3.63, 3.8) is 0 Å². The molecule has 8 rings (SSSR count). The summed E-state index contributed by atoms with van der Waals surface area (Å²) in [5, 5.41) is 26.2. The number of hydrogen-bond donors (Lipinski definition) is 3. The summed E-state index contributed by atoms with van der Waals surface area (Å²) in [5.74, 6) is -1.28. The fraction of sp³-hybridized carbons (Fsp3) is 0.387. The van der Waals surface area contributed by atoms with Gasteiger partial charge in [0.25, 0.3) is 5.91 Å². The summed E-state index contributed by atoms with van der Waals surface area (Å²) in [6.45, 7) is 0.0960. The molecule has 3 atom stereocenters. The SMILES string of the molecule is O=C(N[C@H](C(=O)O)C12CC3CC(CC(O)(C3)C1)C2)c1ccc2cc(F)ccc2c1OCc1nc2ccccc2s1. The Hall–Kier alpha value is -3.56. The number of ether oxygens (including phenoxy) is 1. The zero-order valence-corrected chi connectivity index (χ0v) is 22.5. The highest BCUT2D eigenvalue weighted by Crippen LogP contribution is 2.62. The third-order valence-electron chi connectivity index (χ3n) is 9.07. The second kappa shape index (κ2) is 9.24. The summed E-state index contributed by atoms with van der Waals surface area (Å²) < 4.78 is 21.3. The first kappa shape index (κ1) is 25.4. The average molecular weight is 561 g/mol. The van der Waals surface area contributed by atoms with Gasteiger partial charge in [-0.15, -0.1) is 11.3 Å². The number of rotatable bonds is 7. The van der Waals surface area contributed by atoms with E-state index in [1.807, 2.05) is 24.3 Å². The van der Waals surface area contributed by atoms with E-state index in [0.717, 1.165) is 21.6 Å². The Bertz CT molecular complexity index is 1620. The number of carboxylic acids is 1. The monoisotopic (exact) mass is 560 g/mol. The van der Waals surface area contributed by atoms with E-state index in [1.165, 1.54) is 23.5 Å². The van der Waals surface area contributed by atoms with E-state index in [4.69, 9.17) is 4.74 Å². The molecule has 4 aliphatic carbocycles. The van der Waals surface area contributed by atoms with Gasteiger partial charge in [0.1, 0.15) is 29.2 Å². The van der Waals surface area contributed by atoms with Gasteiger partial charge in [0.2, 0.25) is 0 Å². The van der Waals surface area contributed by atoms with E-state index in [0.29, 0.717) is 42.9 Å². The van der Waals surface area contributed by atoms with Crippen LogP contribution >= 0.6 is 11.3 Å². The maximum atomic E-state index is 14.0. The number of aliphatic hydroxyl groups is 1. The molecule has 0 spiro atoms. The number of aliphatic carboxylic acids is 1. The van der Waals surface area contributed by atoms with Crippen LogP contribution in [0, 0.1) is 23.1 Å². The maximum absolute atomic E-state index is 14.0. The minimum absolute atomic E-state index is 0.0960. The number of halogens is 1. The van der Waals surface area contributed by atoms with Crippen LogP contribution in [0.5, 0.6) is 5.75 Å². The molecule has 2 unspecified atom stereocenters. The molecule has 206 valence electrons. The molecule has 4 bridgehead atoms. The lowest BCUT2D eigenvalue weighted by atomic mass is 9.46. The van der Waals surface area contributed by atoms with Crippen LogP contribution in [-0.2, 0) is 11.4 Å². The van der Waals surface area contributed by atoms with Gasteiger partial charge in [-0.2, -0.15) is 0 Å². The van der Waals surface area contributed by atoms with Crippen LogP contribution in [0.25, 0.3) is 21.0 Å². The first-order valence-corrected chi connectivity index (χ1v) is 14.5. The minimum Gasteiger partial charge on any atom is -0.485 e. The molecule has 40 heavy (non-hydrogen) atoms. The molecule has 0 radical (unpaired) electrons. The van der Waals surface area contributed by atoms with E-state index < -0.39 is 34.8 Å². The van der Waals surface area contributed by atoms with Crippen molar-refractivity contribution >= 4 is 44.2 Å². The summed E-state index contributed by atoms with van der Waals surface area (Å²) in [6, 6.07) is 14.0. The number of para-hydroxylation sites is 1. The van der Waals surface area contributed by atoms with E-state index in [2.05, 4.69) is 10.3 Å². The van der Waals surface area contributed by atoms with Crippen molar-refractivity contribution in [3.8, 4) is 5.75 Å². The number of carboxylic acid groups (broad SMARTS) is 1. The Kier molecular flexibility index (Phi) is 5.87.